The predicted molar refractivity (Wildman–Crippen MR) is 79.3 cm³/mol. The molecule has 2 saturated carbocycles. The highest BCUT2D eigenvalue weighted by atomic mass is 14.9. The number of fused-ring (bicyclic) bond motifs is 1. The first kappa shape index (κ1) is 12.0. The monoisotopic (exact) mass is 255 g/mol. The molecule has 0 aromatic heterocycles. The molecule has 4 rings (SSSR count). The Morgan fingerprint density at radius 1 is 1.21 bits per heavy atom. The van der Waals surface area contributed by atoms with Gasteiger partial charge in [0.25, 0.3) is 0 Å². The van der Waals surface area contributed by atoms with Crippen molar-refractivity contribution in [3.05, 3.63) is 34.9 Å². The molecule has 19 heavy (non-hydrogen) atoms. The molecule has 1 aromatic rings. The van der Waals surface area contributed by atoms with Gasteiger partial charge in [-0.2, -0.15) is 0 Å². The van der Waals surface area contributed by atoms with Gasteiger partial charge in [-0.05, 0) is 79.9 Å². The van der Waals surface area contributed by atoms with Crippen LogP contribution in [0.25, 0.3) is 0 Å². The predicted octanol–water partition coefficient (Wildman–Crippen LogP) is 4.02. The van der Waals surface area contributed by atoms with Crippen molar-refractivity contribution in [1.82, 2.24) is 5.32 Å². The standard InChI is InChI=1S/C18H25N/c1-13(19-12-18(9-10-18)17-7-8-17)15-6-5-14-3-2-4-16(14)11-15/h5-6,11,13,17,19H,2-4,7-10,12H2,1H3. The molecule has 1 N–H and O–H groups in total. The van der Waals surface area contributed by atoms with Crippen LogP contribution in [0.5, 0.6) is 0 Å². The maximum absolute atomic E-state index is 3.81. The minimum atomic E-state index is 0.516. The van der Waals surface area contributed by atoms with Gasteiger partial charge in [-0.3, -0.25) is 0 Å². The molecular formula is C18H25N. The van der Waals surface area contributed by atoms with Crippen molar-refractivity contribution < 1.29 is 0 Å². The zero-order valence-electron chi connectivity index (χ0n) is 12.0. The van der Waals surface area contributed by atoms with Gasteiger partial charge in [0.2, 0.25) is 0 Å². The second-order valence-corrected chi connectivity index (χ2v) is 7.12. The molecule has 102 valence electrons. The van der Waals surface area contributed by atoms with Crippen molar-refractivity contribution >= 4 is 0 Å². The van der Waals surface area contributed by atoms with Gasteiger partial charge in [0.05, 0.1) is 0 Å². The summed E-state index contributed by atoms with van der Waals surface area (Å²) in [5.74, 6) is 1.06. The SMILES string of the molecule is CC(NCC1(C2CC2)CC1)c1ccc2c(c1)CCC2. The van der Waals surface area contributed by atoms with Gasteiger partial charge in [-0.25, -0.2) is 0 Å². The first-order valence-electron chi connectivity index (χ1n) is 8.12. The van der Waals surface area contributed by atoms with E-state index < -0.39 is 0 Å². The summed E-state index contributed by atoms with van der Waals surface area (Å²) >= 11 is 0. The molecule has 0 saturated heterocycles. The van der Waals surface area contributed by atoms with Crippen LogP contribution in [0.1, 0.15) is 61.8 Å². The maximum Gasteiger partial charge on any atom is 0.0292 e. The third-order valence-corrected chi connectivity index (χ3v) is 5.72. The second kappa shape index (κ2) is 4.34. The molecule has 1 unspecified atom stereocenters. The van der Waals surface area contributed by atoms with Crippen LogP contribution in [0.3, 0.4) is 0 Å². The Hall–Kier alpha value is -0.820. The number of benzene rings is 1. The topological polar surface area (TPSA) is 12.0 Å². The summed E-state index contributed by atoms with van der Waals surface area (Å²) in [5, 5.41) is 3.81. The fourth-order valence-electron chi connectivity index (χ4n) is 3.92. The summed E-state index contributed by atoms with van der Waals surface area (Å²) in [5.41, 5.74) is 5.40. The Kier molecular flexibility index (Phi) is 2.73. The van der Waals surface area contributed by atoms with E-state index in [2.05, 4.69) is 30.4 Å². The van der Waals surface area contributed by atoms with Crippen LogP contribution < -0.4 is 5.32 Å². The fourth-order valence-corrected chi connectivity index (χ4v) is 3.92. The van der Waals surface area contributed by atoms with Crippen LogP contribution in [-0.4, -0.2) is 6.54 Å². The van der Waals surface area contributed by atoms with Crippen LogP contribution in [0.15, 0.2) is 18.2 Å². The average molecular weight is 255 g/mol. The third-order valence-electron chi connectivity index (χ3n) is 5.72. The first-order chi connectivity index (χ1) is 9.27. The van der Waals surface area contributed by atoms with Gasteiger partial charge in [0.1, 0.15) is 0 Å². The molecule has 0 radical (unpaired) electrons. The second-order valence-electron chi connectivity index (χ2n) is 7.12. The van der Waals surface area contributed by atoms with E-state index in [-0.39, 0.29) is 0 Å². The van der Waals surface area contributed by atoms with Crippen molar-refractivity contribution in [2.24, 2.45) is 11.3 Å². The van der Waals surface area contributed by atoms with Crippen molar-refractivity contribution in [1.29, 1.82) is 0 Å². The van der Waals surface area contributed by atoms with E-state index in [0.717, 1.165) is 5.92 Å². The van der Waals surface area contributed by atoms with Crippen molar-refractivity contribution in [3.8, 4) is 0 Å². The molecule has 1 nitrogen and oxygen atoms in total. The summed E-state index contributed by atoms with van der Waals surface area (Å²) in [6.45, 7) is 3.58. The number of aryl methyl sites for hydroxylation is 2. The third kappa shape index (κ3) is 2.23. The largest absolute Gasteiger partial charge is 0.310 e. The molecule has 0 spiro atoms. The zero-order valence-corrected chi connectivity index (χ0v) is 12.0. The molecule has 0 bridgehead atoms. The summed E-state index contributed by atoms with van der Waals surface area (Å²) < 4.78 is 0. The Balaban J connectivity index is 1.41. The van der Waals surface area contributed by atoms with E-state index in [1.54, 1.807) is 11.1 Å². The van der Waals surface area contributed by atoms with E-state index in [9.17, 15) is 0 Å². The lowest BCUT2D eigenvalue weighted by atomic mass is 9.98. The highest BCUT2D eigenvalue weighted by molar-refractivity contribution is 5.36. The van der Waals surface area contributed by atoms with Gasteiger partial charge in [-0.1, -0.05) is 18.2 Å². The lowest BCUT2D eigenvalue weighted by Crippen LogP contribution is -2.28. The molecule has 0 heterocycles. The summed E-state index contributed by atoms with van der Waals surface area (Å²) in [4.78, 5) is 0. The number of nitrogens with one attached hydrogen (secondary N) is 1. The van der Waals surface area contributed by atoms with E-state index >= 15 is 0 Å². The lowest BCUT2D eigenvalue weighted by Gasteiger charge is -2.20. The van der Waals surface area contributed by atoms with E-state index in [0.29, 0.717) is 11.5 Å². The zero-order chi connectivity index (χ0) is 12.9. The Morgan fingerprint density at radius 2 is 2.00 bits per heavy atom. The highest BCUT2D eigenvalue weighted by Crippen LogP contribution is 2.60. The number of hydrogen-bond donors (Lipinski definition) is 1. The van der Waals surface area contributed by atoms with Crippen LogP contribution >= 0.6 is 0 Å². The molecule has 1 aromatic carbocycles. The molecule has 3 aliphatic carbocycles. The normalized spacial score (nSPS) is 25.1. The van der Waals surface area contributed by atoms with Gasteiger partial charge >= 0.3 is 0 Å². The molecule has 3 aliphatic rings. The maximum atomic E-state index is 3.81. The molecule has 2 fully saturated rings. The van der Waals surface area contributed by atoms with Crippen LogP contribution in [-0.2, 0) is 12.8 Å². The van der Waals surface area contributed by atoms with E-state index in [1.807, 2.05) is 0 Å². The Bertz CT molecular complexity index is 482. The lowest BCUT2D eigenvalue weighted by molar-refractivity contribution is 0.382. The van der Waals surface area contributed by atoms with Gasteiger partial charge in [-0.15, -0.1) is 0 Å². The Morgan fingerprint density at radius 3 is 2.74 bits per heavy atom. The minimum absolute atomic E-state index is 0.516. The quantitative estimate of drug-likeness (QED) is 0.838. The van der Waals surface area contributed by atoms with Crippen LogP contribution in [0, 0.1) is 11.3 Å². The average Bonchev–Trinajstić information content (AvgIpc) is 3.32. The first-order valence-corrected chi connectivity index (χ1v) is 8.12. The molecular weight excluding hydrogens is 230 g/mol. The van der Waals surface area contributed by atoms with E-state index in [4.69, 9.17) is 0 Å². The van der Waals surface area contributed by atoms with Crippen molar-refractivity contribution in [2.75, 3.05) is 6.54 Å². The van der Waals surface area contributed by atoms with Gasteiger partial charge < -0.3 is 5.32 Å². The molecule has 0 amide bonds. The minimum Gasteiger partial charge on any atom is -0.310 e. The smallest absolute Gasteiger partial charge is 0.0292 e. The van der Waals surface area contributed by atoms with Crippen molar-refractivity contribution in [3.63, 3.8) is 0 Å². The Labute approximate surface area is 116 Å². The molecule has 1 atom stereocenters. The van der Waals surface area contributed by atoms with Crippen LogP contribution in [0.4, 0.5) is 0 Å². The van der Waals surface area contributed by atoms with Crippen LogP contribution in [0.2, 0.25) is 0 Å². The summed E-state index contributed by atoms with van der Waals surface area (Å²) in [6, 6.07) is 7.68. The van der Waals surface area contributed by atoms with Gasteiger partial charge in [0, 0.05) is 12.6 Å². The number of rotatable bonds is 5. The van der Waals surface area contributed by atoms with Gasteiger partial charge in [0.15, 0.2) is 0 Å². The summed E-state index contributed by atoms with van der Waals surface area (Å²) in [7, 11) is 0. The fraction of sp³-hybridized carbons (Fsp3) is 0.667. The molecule has 1 heteroatoms. The van der Waals surface area contributed by atoms with E-state index in [1.165, 1.54) is 57.1 Å². The highest BCUT2D eigenvalue weighted by Gasteiger charge is 2.53. The molecule has 0 aliphatic heterocycles. The number of hydrogen-bond acceptors (Lipinski definition) is 1. The van der Waals surface area contributed by atoms with Crippen molar-refractivity contribution in [2.45, 2.75) is 57.9 Å². The summed E-state index contributed by atoms with van der Waals surface area (Å²) in [6.07, 6.45) is 9.88.